The number of hydrogen-bond donors (Lipinski definition) is 2. The molecule has 4 saturated carbocycles. The Morgan fingerprint density at radius 1 is 1.09 bits per heavy atom. The molecule has 34 heavy (non-hydrogen) atoms. The van der Waals surface area contributed by atoms with Gasteiger partial charge in [0.15, 0.2) is 5.82 Å². The summed E-state index contributed by atoms with van der Waals surface area (Å²) < 4.78 is 0. The normalized spacial score (nSPS) is 28.6. The van der Waals surface area contributed by atoms with E-state index in [4.69, 9.17) is 9.97 Å². The van der Waals surface area contributed by atoms with Gasteiger partial charge in [0.1, 0.15) is 0 Å². The number of amides is 1. The van der Waals surface area contributed by atoms with Crippen molar-refractivity contribution in [3.05, 3.63) is 40.7 Å². The van der Waals surface area contributed by atoms with Gasteiger partial charge >= 0.3 is 0 Å². The molecule has 0 spiro atoms. The van der Waals surface area contributed by atoms with Gasteiger partial charge in [-0.1, -0.05) is 32.0 Å². The molecule has 2 aromatic rings. The average Bonchev–Trinajstić information content (AvgIpc) is 2.77. The fourth-order valence-electron chi connectivity index (χ4n) is 7.97. The van der Waals surface area contributed by atoms with E-state index in [0.29, 0.717) is 23.6 Å². The van der Waals surface area contributed by atoms with Crippen LogP contribution in [0.2, 0.25) is 0 Å². The lowest BCUT2D eigenvalue weighted by Gasteiger charge is -2.57. The number of aryl methyl sites for hydroxylation is 2. The Morgan fingerprint density at radius 2 is 1.79 bits per heavy atom. The number of aromatic nitrogens is 2. The number of anilines is 1. The molecule has 4 bridgehead atoms. The highest BCUT2D eigenvalue weighted by Gasteiger charge is 2.51. The second kappa shape index (κ2) is 8.44. The molecular formula is C29H37N3O2. The van der Waals surface area contributed by atoms with Gasteiger partial charge in [-0.15, -0.1) is 0 Å². The van der Waals surface area contributed by atoms with Crippen LogP contribution in [-0.2, 0) is 30.7 Å². The van der Waals surface area contributed by atoms with Crippen LogP contribution in [0.15, 0.2) is 18.2 Å². The summed E-state index contributed by atoms with van der Waals surface area (Å²) in [6, 6.07) is 6.20. The van der Waals surface area contributed by atoms with E-state index >= 15 is 0 Å². The van der Waals surface area contributed by atoms with Crippen molar-refractivity contribution in [1.29, 1.82) is 0 Å². The molecule has 180 valence electrons. The summed E-state index contributed by atoms with van der Waals surface area (Å²) in [5, 5.41) is 12.8. The van der Waals surface area contributed by atoms with Crippen LogP contribution in [0.25, 0.3) is 11.3 Å². The molecule has 0 radical (unpaired) electrons. The van der Waals surface area contributed by atoms with Crippen molar-refractivity contribution in [2.45, 2.75) is 84.7 Å². The van der Waals surface area contributed by atoms with Gasteiger partial charge in [-0.25, -0.2) is 9.97 Å². The van der Waals surface area contributed by atoms with E-state index in [-0.39, 0.29) is 12.5 Å². The molecule has 5 aliphatic carbocycles. The Kier molecular flexibility index (Phi) is 5.51. The summed E-state index contributed by atoms with van der Waals surface area (Å²) in [5.74, 6) is 3.70. The van der Waals surface area contributed by atoms with Crippen molar-refractivity contribution in [3.8, 4) is 11.3 Å². The first-order chi connectivity index (χ1) is 16.4. The molecule has 5 nitrogen and oxygen atoms in total. The molecular weight excluding hydrogens is 422 g/mol. The molecule has 4 fully saturated rings. The Hall–Kier alpha value is -2.27. The molecule has 5 heteroatoms. The third-order valence-corrected chi connectivity index (χ3v) is 8.84. The number of aliphatic hydroxyl groups excluding tert-OH is 1. The highest BCUT2D eigenvalue weighted by molar-refractivity contribution is 5.90. The summed E-state index contributed by atoms with van der Waals surface area (Å²) in [4.78, 5) is 23.1. The van der Waals surface area contributed by atoms with Crippen LogP contribution < -0.4 is 5.32 Å². The van der Waals surface area contributed by atoms with Crippen molar-refractivity contribution in [2.75, 3.05) is 5.32 Å². The van der Waals surface area contributed by atoms with Crippen LogP contribution in [0.5, 0.6) is 0 Å². The molecule has 2 N–H and O–H groups in total. The van der Waals surface area contributed by atoms with Crippen LogP contribution >= 0.6 is 0 Å². The number of carbonyl (C=O) groups is 1. The summed E-state index contributed by atoms with van der Waals surface area (Å²) in [6.45, 7) is 4.21. The lowest BCUT2D eigenvalue weighted by molar-refractivity contribution is -0.116. The average molecular weight is 460 g/mol. The topological polar surface area (TPSA) is 75.1 Å². The number of rotatable bonds is 6. The Labute approximate surface area is 202 Å². The highest BCUT2D eigenvalue weighted by Crippen LogP contribution is 2.61. The van der Waals surface area contributed by atoms with E-state index in [2.05, 4.69) is 31.3 Å². The quantitative estimate of drug-likeness (QED) is 0.600. The smallest absolute Gasteiger partial charge is 0.225 e. The van der Waals surface area contributed by atoms with Crippen molar-refractivity contribution < 1.29 is 9.90 Å². The van der Waals surface area contributed by atoms with Crippen molar-refractivity contribution in [1.82, 2.24) is 9.97 Å². The van der Waals surface area contributed by atoms with Crippen LogP contribution in [0.1, 0.15) is 81.3 Å². The second-order valence-electron chi connectivity index (χ2n) is 12.2. The van der Waals surface area contributed by atoms with Gasteiger partial charge in [0.2, 0.25) is 5.91 Å². The zero-order chi connectivity index (χ0) is 23.4. The maximum absolute atomic E-state index is 12.8. The first-order valence-electron chi connectivity index (χ1n) is 13.3. The first-order valence-corrected chi connectivity index (χ1v) is 13.3. The number of nitrogens with zero attached hydrogens (tertiary/aromatic N) is 2. The maximum atomic E-state index is 12.8. The Morgan fingerprint density at radius 3 is 2.44 bits per heavy atom. The van der Waals surface area contributed by atoms with Crippen LogP contribution in [0, 0.1) is 29.1 Å². The van der Waals surface area contributed by atoms with Crippen molar-refractivity contribution in [2.24, 2.45) is 29.1 Å². The van der Waals surface area contributed by atoms with E-state index in [1.54, 1.807) is 0 Å². The fraction of sp³-hybridized carbons (Fsp3) is 0.621. The number of benzene rings is 1. The standard InChI is InChI=1S/C29H37N3O2/c1-17(2)7-26(34)32-28-25(15-29-12-19-8-20(13-29)10-21(9-19)14-29)30-27-23-5-3-18(16-33)11-22(23)4-6-24(27)31-28/h3,5,11,17,19-21,33H,4,6-10,12-16H2,1-2H3,(H,31,32,34). The molecule has 5 aliphatic rings. The molecule has 1 aromatic heterocycles. The second-order valence-corrected chi connectivity index (χ2v) is 12.2. The minimum absolute atomic E-state index is 0.0415. The number of hydrogen-bond acceptors (Lipinski definition) is 4. The minimum atomic E-state index is 0.0415. The maximum Gasteiger partial charge on any atom is 0.225 e. The lowest BCUT2D eigenvalue weighted by Crippen LogP contribution is -2.47. The molecule has 1 amide bonds. The van der Waals surface area contributed by atoms with E-state index in [1.807, 2.05) is 6.07 Å². The highest BCUT2D eigenvalue weighted by atomic mass is 16.3. The summed E-state index contributed by atoms with van der Waals surface area (Å²) in [5.41, 5.74) is 6.60. The molecule has 1 heterocycles. The zero-order valence-corrected chi connectivity index (χ0v) is 20.6. The van der Waals surface area contributed by atoms with Gasteiger partial charge in [-0.2, -0.15) is 0 Å². The Bertz CT molecular complexity index is 1090. The molecule has 0 aliphatic heterocycles. The third-order valence-electron chi connectivity index (χ3n) is 8.84. The van der Waals surface area contributed by atoms with Gasteiger partial charge in [0.25, 0.3) is 0 Å². The molecule has 0 saturated heterocycles. The summed E-state index contributed by atoms with van der Waals surface area (Å²) >= 11 is 0. The summed E-state index contributed by atoms with van der Waals surface area (Å²) in [7, 11) is 0. The number of carbonyl (C=O) groups excluding carboxylic acids is 1. The number of nitrogens with one attached hydrogen (secondary N) is 1. The van der Waals surface area contributed by atoms with E-state index < -0.39 is 0 Å². The Balaban J connectivity index is 1.39. The third kappa shape index (κ3) is 4.06. The first kappa shape index (κ1) is 22.2. The van der Waals surface area contributed by atoms with Crippen LogP contribution in [0.4, 0.5) is 5.82 Å². The van der Waals surface area contributed by atoms with Gasteiger partial charge in [-0.3, -0.25) is 4.79 Å². The SMILES string of the molecule is CC(C)CC(=O)Nc1nc2c(nc1CC13CC4CC(CC(C4)C1)C3)-c1ccc(CO)cc1CC2. The predicted molar refractivity (Wildman–Crippen MR) is 133 cm³/mol. The van der Waals surface area contributed by atoms with Crippen LogP contribution in [0.3, 0.4) is 0 Å². The largest absolute Gasteiger partial charge is 0.392 e. The number of fused-ring (bicyclic) bond motifs is 3. The summed E-state index contributed by atoms with van der Waals surface area (Å²) in [6.07, 6.45) is 11.3. The van der Waals surface area contributed by atoms with Gasteiger partial charge in [0.05, 0.1) is 23.7 Å². The molecule has 7 rings (SSSR count). The van der Waals surface area contributed by atoms with E-state index in [0.717, 1.165) is 65.2 Å². The van der Waals surface area contributed by atoms with Gasteiger partial charge in [0, 0.05) is 12.0 Å². The fourth-order valence-corrected chi connectivity index (χ4v) is 7.97. The lowest BCUT2D eigenvalue weighted by atomic mass is 9.48. The molecule has 0 atom stereocenters. The van der Waals surface area contributed by atoms with Crippen molar-refractivity contribution >= 4 is 11.7 Å². The van der Waals surface area contributed by atoms with E-state index in [1.165, 1.54) is 44.1 Å². The van der Waals surface area contributed by atoms with Gasteiger partial charge < -0.3 is 10.4 Å². The predicted octanol–water partition coefficient (Wildman–Crippen LogP) is 5.48. The molecule has 0 unspecified atom stereocenters. The van der Waals surface area contributed by atoms with Gasteiger partial charge in [-0.05, 0) is 98.0 Å². The van der Waals surface area contributed by atoms with E-state index in [9.17, 15) is 9.90 Å². The molecule has 1 aromatic carbocycles. The zero-order valence-electron chi connectivity index (χ0n) is 20.6. The van der Waals surface area contributed by atoms with Crippen LogP contribution in [-0.4, -0.2) is 21.0 Å². The minimum Gasteiger partial charge on any atom is -0.392 e. The monoisotopic (exact) mass is 459 g/mol. The number of aliphatic hydroxyl groups is 1. The van der Waals surface area contributed by atoms with Crippen molar-refractivity contribution in [3.63, 3.8) is 0 Å².